The lowest BCUT2D eigenvalue weighted by Crippen LogP contribution is -2.58. The van der Waals surface area contributed by atoms with Gasteiger partial charge < -0.3 is 19.8 Å². The Balaban J connectivity index is 1.37. The molecule has 2 aliphatic rings. The molecule has 2 fully saturated rings. The van der Waals surface area contributed by atoms with E-state index in [1.807, 2.05) is 13.0 Å². The van der Waals surface area contributed by atoms with Crippen molar-refractivity contribution < 1.29 is 18.3 Å². The molecule has 0 aliphatic carbocycles. The van der Waals surface area contributed by atoms with E-state index in [1.54, 1.807) is 11.1 Å². The lowest BCUT2D eigenvalue weighted by atomic mass is 9.99. The van der Waals surface area contributed by atoms with Gasteiger partial charge in [-0.1, -0.05) is 11.6 Å². The number of alkyl halides is 2. The third-order valence-corrected chi connectivity index (χ3v) is 6.04. The quantitative estimate of drug-likeness (QED) is 0.591. The van der Waals surface area contributed by atoms with Crippen molar-refractivity contribution in [2.75, 3.05) is 38.2 Å². The summed E-state index contributed by atoms with van der Waals surface area (Å²) >= 11 is 6.45. The van der Waals surface area contributed by atoms with Crippen molar-refractivity contribution in [3.05, 3.63) is 23.6 Å². The highest BCUT2D eigenvalue weighted by atomic mass is 35.5. The number of nitrogens with one attached hydrogen (secondary N) is 2. The van der Waals surface area contributed by atoms with Crippen LogP contribution in [-0.2, 0) is 4.74 Å². The van der Waals surface area contributed by atoms with Gasteiger partial charge in [0.2, 0.25) is 11.8 Å². The van der Waals surface area contributed by atoms with Gasteiger partial charge in [-0.15, -0.1) is 0 Å². The van der Waals surface area contributed by atoms with E-state index in [-0.39, 0.29) is 30.1 Å². The molecule has 3 aromatic heterocycles. The summed E-state index contributed by atoms with van der Waals surface area (Å²) in [6, 6.07) is 0.759. The predicted molar refractivity (Wildman–Crippen MR) is 110 cm³/mol. The first-order chi connectivity index (χ1) is 15.0. The summed E-state index contributed by atoms with van der Waals surface area (Å²) in [4.78, 5) is 13.6. The maximum Gasteiger partial charge on any atom is 0.282 e. The second-order valence-corrected chi connectivity index (χ2v) is 8.03. The standard InChI is InChI=1S/C19H22ClF2N7O2/c1-2-31-17-12-3-5-23-16(12)26-18(27-17)25-13-7-24-29(15(13)20)14-4-6-28(10-19(14,21)22)11-8-30-9-11/h3,5,7,11,14H,2,4,6,8-10H2,1H3,(H2,23,25,26,27)/t14-/m1/s1. The zero-order valence-electron chi connectivity index (χ0n) is 16.8. The molecule has 2 aliphatic heterocycles. The van der Waals surface area contributed by atoms with Crippen molar-refractivity contribution in [2.24, 2.45) is 0 Å². The maximum absolute atomic E-state index is 15.0. The molecule has 0 aromatic carbocycles. The van der Waals surface area contributed by atoms with E-state index in [1.165, 1.54) is 10.9 Å². The molecule has 0 spiro atoms. The van der Waals surface area contributed by atoms with Gasteiger partial charge in [-0.2, -0.15) is 15.1 Å². The molecule has 9 nitrogen and oxygen atoms in total. The third kappa shape index (κ3) is 3.70. The highest BCUT2D eigenvalue weighted by Crippen LogP contribution is 2.40. The molecule has 3 aromatic rings. The normalized spacial score (nSPS) is 21.9. The average Bonchev–Trinajstić information content (AvgIpc) is 3.28. The fourth-order valence-electron chi connectivity index (χ4n) is 3.99. The predicted octanol–water partition coefficient (Wildman–Crippen LogP) is 3.23. The number of nitrogens with zero attached hydrogens (tertiary/aromatic N) is 5. The molecule has 1 atom stereocenters. The Morgan fingerprint density at radius 2 is 2.23 bits per heavy atom. The van der Waals surface area contributed by atoms with Crippen LogP contribution in [0.5, 0.6) is 5.88 Å². The van der Waals surface area contributed by atoms with E-state index in [2.05, 4.69) is 25.4 Å². The average molecular weight is 454 g/mol. The number of halogens is 3. The molecule has 0 radical (unpaired) electrons. The van der Waals surface area contributed by atoms with Gasteiger partial charge in [0.25, 0.3) is 5.92 Å². The minimum Gasteiger partial charge on any atom is -0.477 e. The van der Waals surface area contributed by atoms with Gasteiger partial charge in [-0.05, 0) is 19.4 Å². The largest absolute Gasteiger partial charge is 0.477 e. The van der Waals surface area contributed by atoms with E-state index in [0.29, 0.717) is 43.6 Å². The van der Waals surface area contributed by atoms with Crippen LogP contribution in [0.25, 0.3) is 11.0 Å². The van der Waals surface area contributed by atoms with Gasteiger partial charge in [0.1, 0.15) is 11.7 Å². The van der Waals surface area contributed by atoms with Crippen LogP contribution in [0.1, 0.15) is 19.4 Å². The van der Waals surface area contributed by atoms with Gasteiger partial charge in [-0.25, -0.2) is 13.5 Å². The topological polar surface area (TPSA) is 93.1 Å². The molecule has 5 heterocycles. The van der Waals surface area contributed by atoms with Gasteiger partial charge in [-0.3, -0.25) is 4.90 Å². The van der Waals surface area contributed by atoms with Crippen molar-refractivity contribution in [3.63, 3.8) is 0 Å². The number of piperidine rings is 1. The molecule has 5 rings (SSSR count). The molecular weight excluding hydrogens is 432 g/mol. The van der Waals surface area contributed by atoms with Crippen molar-refractivity contribution in [3.8, 4) is 5.88 Å². The highest BCUT2D eigenvalue weighted by molar-refractivity contribution is 6.32. The number of anilines is 2. The Hall–Kier alpha value is -2.50. The maximum atomic E-state index is 15.0. The van der Waals surface area contributed by atoms with Crippen LogP contribution in [0.3, 0.4) is 0 Å². The summed E-state index contributed by atoms with van der Waals surface area (Å²) < 4.78 is 41.8. The van der Waals surface area contributed by atoms with Crippen LogP contribution in [-0.4, -0.2) is 74.5 Å². The number of rotatable bonds is 6. The number of hydrogen-bond acceptors (Lipinski definition) is 7. The Kier molecular flexibility index (Phi) is 5.19. The molecule has 2 saturated heterocycles. The fraction of sp³-hybridized carbons (Fsp3) is 0.526. The Morgan fingerprint density at radius 3 is 2.94 bits per heavy atom. The number of aromatic nitrogens is 5. The van der Waals surface area contributed by atoms with Gasteiger partial charge in [0, 0.05) is 12.7 Å². The van der Waals surface area contributed by atoms with E-state index in [4.69, 9.17) is 21.1 Å². The zero-order valence-corrected chi connectivity index (χ0v) is 17.6. The van der Waals surface area contributed by atoms with Gasteiger partial charge in [0.15, 0.2) is 5.15 Å². The molecule has 0 saturated carbocycles. The summed E-state index contributed by atoms with van der Waals surface area (Å²) in [5, 5.41) is 7.96. The van der Waals surface area contributed by atoms with Crippen LogP contribution in [0.2, 0.25) is 5.15 Å². The molecule has 0 unspecified atom stereocenters. The van der Waals surface area contributed by atoms with Crippen molar-refractivity contribution in [1.82, 2.24) is 29.6 Å². The van der Waals surface area contributed by atoms with Crippen LogP contribution in [0.4, 0.5) is 20.4 Å². The van der Waals surface area contributed by atoms with Gasteiger partial charge in [0.05, 0.1) is 49.7 Å². The molecule has 2 N–H and O–H groups in total. The molecule has 166 valence electrons. The molecular formula is C19H22ClF2N7O2. The van der Waals surface area contributed by atoms with Crippen LogP contribution >= 0.6 is 11.6 Å². The first kappa shape index (κ1) is 20.4. The summed E-state index contributed by atoms with van der Waals surface area (Å²) in [5.41, 5.74) is 0.934. The summed E-state index contributed by atoms with van der Waals surface area (Å²) in [5.74, 6) is -2.33. The molecule has 0 bridgehead atoms. The van der Waals surface area contributed by atoms with Crippen molar-refractivity contribution in [2.45, 2.75) is 31.4 Å². The monoisotopic (exact) mass is 453 g/mol. The second-order valence-electron chi connectivity index (χ2n) is 7.67. The number of aromatic amines is 1. The number of hydrogen-bond donors (Lipinski definition) is 2. The smallest absolute Gasteiger partial charge is 0.282 e. The van der Waals surface area contributed by atoms with Crippen LogP contribution < -0.4 is 10.1 Å². The zero-order chi connectivity index (χ0) is 21.6. The minimum absolute atomic E-state index is 0.0664. The lowest BCUT2D eigenvalue weighted by molar-refractivity contribution is -0.149. The summed E-state index contributed by atoms with van der Waals surface area (Å²) in [7, 11) is 0. The van der Waals surface area contributed by atoms with Crippen molar-refractivity contribution >= 4 is 34.3 Å². The Bertz CT molecular complexity index is 1080. The Labute approximate surface area is 181 Å². The highest BCUT2D eigenvalue weighted by Gasteiger charge is 2.49. The van der Waals surface area contributed by atoms with E-state index < -0.39 is 12.0 Å². The minimum atomic E-state index is -2.97. The first-order valence-electron chi connectivity index (χ1n) is 10.1. The van der Waals surface area contributed by atoms with Crippen LogP contribution in [0, 0.1) is 0 Å². The number of likely N-dealkylation sites (tertiary alicyclic amines) is 1. The SMILES string of the molecule is CCOc1nc(Nc2cnn([C@@H]3CCN(C4COC4)CC3(F)F)c2Cl)nc2[nH]ccc12. The van der Waals surface area contributed by atoms with Gasteiger partial charge >= 0.3 is 0 Å². The number of fused-ring (bicyclic) bond motifs is 1. The number of ether oxygens (including phenoxy) is 2. The molecule has 0 amide bonds. The van der Waals surface area contributed by atoms with Crippen LogP contribution in [0.15, 0.2) is 18.5 Å². The lowest BCUT2D eigenvalue weighted by Gasteiger charge is -2.44. The summed E-state index contributed by atoms with van der Waals surface area (Å²) in [6.07, 6.45) is 3.39. The fourth-order valence-corrected chi connectivity index (χ4v) is 4.24. The van der Waals surface area contributed by atoms with Crippen molar-refractivity contribution in [1.29, 1.82) is 0 Å². The van der Waals surface area contributed by atoms with E-state index in [0.717, 1.165) is 5.39 Å². The molecule has 31 heavy (non-hydrogen) atoms. The first-order valence-corrected chi connectivity index (χ1v) is 10.5. The summed E-state index contributed by atoms with van der Waals surface area (Å²) in [6.45, 7) is 3.51. The van der Waals surface area contributed by atoms with E-state index in [9.17, 15) is 8.78 Å². The van der Waals surface area contributed by atoms with E-state index >= 15 is 0 Å². The Morgan fingerprint density at radius 1 is 1.39 bits per heavy atom. The number of H-pyrrole nitrogens is 1. The second kappa shape index (κ2) is 7.88. The molecule has 12 heteroatoms. The third-order valence-electron chi connectivity index (χ3n) is 5.67.